The fraction of sp³-hybridized carbons (Fsp3) is 0.600. The molecule has 4 nitrogen and oxygen atoms in total. The molecule has 0 aliphatic carbocycles. The van der Waals surface area contributed by atoms with Crippen molar-refractivity contribution in [2.45, 2.75) is 19.4 Å². The maximum atomic E-state index is 13.4. The fourth-order valence-corrected chi connectivity index (χ4v) is 2.75. The minimum atomic E-state index is -0.238. The van der Waals surface area contributed by atoms with E-state index in [4.69, 9.17) is 10.8 Å². The zero-order valence-electron chi connectivity index (χ0n) is 12.1. The summed E-state index contributed by atoms with van der Waals surface area (Å²) in [4.78, 5) is 4.53. The monoisotopic (exact) mass is 281 g/mol. The molecule has 1 aliphatic rings. The van der Waals surface area contributed by atoms with Crippen LogP contribution in [0.3, 0.4) is 0 Å². The van der Waals surface area contributed by atoms with E-state index in [1.807, 2.05) is 13.0 Å². The van der Waals surface area contributed by atoms with Gasteiger partial charge < -0.3 is 15.7 Å². The molecule has 0 aromatic heterocycles. The predicted octanol–water partition coefficient (Wildman–Crippen LogP) is 1.35. The van der Waals surface area contributed by atoms with Crippen LogP contribution in [0.25, 0.3) is 0 Å². The summed E-state index contributed by atoms with van der Waals surface area (Å²) >= 11 is 0. The van der Waals surface area contributed by atoms with Crippen molar-refractivity contribution in [2.24, 2.45) is 5.73 Å². The zero-order chi connectivity index (χ0) is 14.5. The number of nitrogens with two attached hydrogens (primary N) is 1. The number of aliphatic hydroxyl groups excluding tert-OH is 1. The van der Waals surface area contributed by atoms with Crippen LogP contribution in [0.15, 0.2) is 18.2 Å². The first kappa shape index (κ1) is 15.2. The number of halogens is 1. The average Bonchev–Trinajstić information content (AvgIpc) is 2.65. The second-order valence-electron chi connectivity index (χ2n) is 5.40. The molecule has 1 saturated heterocycles. The number of benzene rings is 1. The summed E-state index contributed by atoms with van der Waals surface area (Å²) in [7, 11) is 0. The van der Waals surface area contributed by atoms with Crippen molar-refractivity contribution in [2.75, 3.05) is 44.2 Å². The lowest BCUT2D eigenvalue weighted by molar-refractivity contribution is 0.204. The zero-order valence-corrected chi connectivity index (χ0v) is 12.1. The smallest absolute Gasteiger partial charge is 0.123 e. The van der Waals surface area contributed by atoms with Gasteiger partial charge in [-0.1, -0.05) is 0 Å². The van der Waals surface area contributed by atoms with Crippen LogP contribution >= 0.6 is 0 Å². The van der Waals surface area contributed by atoms with E-state index in [1.54, 1.807) is 0 Å². The summed E-state index contributed by atoms with van der Waals surface area (Å²) in [6.45, 7) is 6.52. The number of nitrogens with zero attached hydrogens (tertiary/aromatic N) is 2. The number of aliphatic hydroxyl groups is 1. The Labute approximate surface area is 120 Å². The van der Waals surface area contributed by atoms with Gasteiger partial charge >= 0.3 is 0 Å². The van der Waals surface area contributed by atoms with Gasteiger partial charge in [-0.3, -0.25) is 4.90 Å². The molecule has 1 aromatic carbocycles. The maximum Gasteiger partial charge on any atom is 0.123 e. The molecular formula is C15H24FN3O. The van der Waals surface area contributed by atoms with E-state index in [1.165, 1.54) is 12.1 Å². The van der Waals surface area contributed by atoms with E-state index in [-0.39, 0.29) is 18.5 Å². The van der Waals surface area contributed by atoms with Crippen molar-refractivity contribution >= 4 is 5.69 Å². The summed E-state index contributed by atoms with van der Waals surface area (Å²) in [6.07, 6.45) is 1.04. The molecule has 0 unspecified atom stereocenters. The molecule has 1 aliphatic heterocycles. The Bertz CT molecular complexity index is 439. The highest BCUT2D eigenvalue weighted by atomic mass is 19.1. The Morgan fingerprint density at radius 1 is 1.30 bits per heavy atom. The third kappa shape index (κ3) is 3.69. The first-order chi connectivity index (χ1) is 9.61. The summed E-state index contributed by atoms with van der Waals surface area (Å²) in [5.41, 5.74) is 7.86. The second kappa shape index (κ2) is 7.02. The SMILES string of the molecule is C[C@H](N)c1cc(F)ccc1N1CCCN(CCO)CC1. The van der Waals surface area contributed by atoms with Crippen molar-refractivity contribution in [3.05, 3.63) is 29.6 Å². The van der Waals surface area contributed by atoms with Gasteiger partial charge in [0.1, 0.15) is 5.82 Å². The minimum Gasteiger partial charge on any atom is -0.395 e. The molecule has 1 atom stereocenters. The molecule has 1 aromatic rings. The maximum absolute atomic E-state index is 13.4. The molecule has 0 saturated carbocycles. The molecule has 5 heteroatoms. The molecule has 3 N–H and O–H groups in total. The largest absolute Gasteiger partial charge is 0.395 e. The Kier molecular flexibility index (Phi) is 5.34. The van der Waals surface area contributed by atoms with Crippen LogP contribution in [0, 0.1) is 5.82 Å². The molecule has 20 heavy (non-hydrogen) atoms. The number of β-amino-alcohol motifs (C(OH)–C–C–N with tert-alkyl or cyclic N) is 1. The highest BCUT2D eigenvalue weighted by Gasteiger charge is 2.18. The Balaban J connectivity index is 2.15. The van der Waals surface area contributed by atoms with Crippen LogP contribution in [0.2, 0.25) is 0 Å². The van der Waals surface area contributed by atoms with E-state index >= 15 is 0 Å². The van der Waals surface area contributed by atoms with Crippen LogP contribution in [0.4, 0.5) is 10.1 Å². The van der Waals surface area contributed by atoms with Gasteiger partial charge in [-0.05, 0) is 43.7 Å². The fourth-order valence-electron chi connectivity index (χ4n) is 2.75. The molecule has 1 fully saturated rings. The predicted molar refractivity (Wildman–Crippen MR) is 79.4 cm³/mol. The lowest BCUT2D eigenvalue weighted by atomic mass is 10.1. The topological polar surface area (TPSA) is 52.7 Å². The number of hydrogen-bond acceptors (Lipinski definition) is 4. The Morgan fingerprint density at radius 3 is 2.80 bits per heavy atom. The normalized spacial score (nSPS) is 18.9. The van der Waals surface area contributed by atoms with Crippen molar-refractivity contribution in [3.8, 4) is 0 Å². The van der Waals surface area contributed by atoms with Gasteiger partial charge in [-0.2, -0.15) is 0 Å². The third-order valence-corrected chi connectivity index (χ3v) is 3.83. The van der Waals surface area contributed by atoms with Gasteiger partial charge in [0.25, 0.3) is 0 Å². The second-order valence-corrected chi connectivity index (χ2v) is 5.40. The first-order valence-electron chi connectivity index (χ1n) is 7.25. The number of rotatable bonds is 4. The molecule has 0 spiro atoms. The Morgan fingerprint density at radius 2 is 2.10 bits per heavy atom. The Hall–Kier alpha value is -1.17. The molecule has 0 radical (unpaired) electrons. The standard InChI is InChI=1S/C15H24FN3O/c1-12(17)14-11-13(16)3-4-15(14)19-6-2-5-18(7-8-19)9-10-20/h3-4,11-12,20H,2,5-10,17H2,1H3/t12-/m0/s1. The van der Waals surface area contributed by atoms with Gasteiger partial charge in [-0.25, -0.2) is 4.39 Å². The molecule has 0 amide bonds. The van der Waals surface area contributed by atoms with Gasteiger partial charge in [0, 0.05) is 37.9 Å². The molecular weight excluding hydrogens is 257 g/mol. The first-order valence-corrected chi connectivity index (χ1v) is 7.25. The third-order valence-electron chi connectivity index (χ3n) is 3.83. The van der Waals surface area contributed by atoms with Crippen molar-refractivity contribution in [1.29, 1.82) is 0 Å². The van der Waals surface area contributed by atoms with Gasteiger partial charge in [-0.15, -0.1) is 0 Å². The van der Waals surface area contributed by atoms with Crippen LogP contribution in [-0.4, -0.2) is 49.3 Å². The minimum absolute atomic E-state index is 0.183. The van der Waals surface area contributed by atoms with E-state index in [2.05, 4.69) is 9.80 Å². The summed E-state index contributed by atoms with van der Waals surface area (Å²) in [6, 6.07) is 4.68. The molecule has 2 rings (SSSR count). The van der Waals surface area contributed by atoms with Crippen LogP contribution in [-0.2, 0) is 0 Å². The van der Waals surface area contributed by atoms with Crippen LogP contribution < -0.4 is 10.6 Å². The summed E-state index contributed by atoms with van der Waals surface area (Å²) < 4.78 is 13.4. The van der Waals surface area contributed by atoms with E-state index in [0.29, 0.717) is 0 Å². The average molecular weight is 281 g/mol. The van der Waals surface area contributed by atoms with Crippen molar-refractivity contribution in [3.63, 3.8) is 0 Å². The molecule has 112 valence electrons. The summed E-state index contributed by atoms with van der Waals surface area (Å²) in [5, 5.41) is 9.03. The lowest BCUT2D eigenvalue weighted by Crippen LogP contribution is -2.33. The summed E-state index contributed by atoms with van der Waals surface area (Å²) in [5.74, 6) is -0.238. The van der Waals surface area contributed by atoms with Crippen LogP contribution in [0.5, 0.6) is 0 Å². The highest BCUT2D eigenvalue weighted by Crippen LogP contribution is 2.27. The van der Waals surface area contributed by atoms with E-state index in [0.717, 1.165) is 50.4 Å². The quantitative estimate of drug-likeness (QED) is 0.875. The number of anilines is 1. The molecule has 0 bridgehead atoms. The highest BCUT2D eigenvalue weighted by molar-refractivity contribution is 5.55. The van der Waals surface area contributed by atoms with Crippen molar-refractivity contribution in [1.82, 2.24) is 4.90 Å². The van der Waals surface area contributed by atoms with Crippen LogP contribution in [0.1, 0.15) is 24.9 Å². The van der Waals surface area contributed by atoms with E-state index < -0.39 is 0 Å². The lowest BCUT2D eigenvalue weighted by Gasteiger charge is -2.27. The van der Waals surface area contributed by atoms with Gasteiger partial charge in [0.05, 0.1) is 6.61 Å². The van der Waals surface area contributed by atoms with Gasteiger partial charge in [0.2, 0.25) is 0 Å². The van der Waals surface area contributed by atoms with E-state index in [9.17, 15) is 4.39 Å². The number of hydrogen-bond donors (Lipinski definition) is 2. The van der Waals surface area contributed by atoms with Crippen molar-refractivity contribution < 1.29 is 9.50 Å². The van der Waals surface area contributed by atoms with Gasteiger partial charge in [0.15, 0.2) is 0 Å². The molecule has 1 heterocycles.